The summed E-state index contributed by atoms with van der Waals surface area (Å²) in [5, 5.41) is 13.1. The Bertz CT molecular complexity index is 557. The van der Waals surface area contributed by atoms with Crippen molar-refractivity contribution >= 4 is 23.3 Å². The third kappa shape index (κ3) is 2.34. The summed E-state index contributed by atoms with van der Waals surface area (Å²) in [5.74, 6) is -3.36. The molecule has 0 bridgehead atoms. The fourth-order valence-electron chi connectivity index (χ4n) is 1.60. The molecule has 0 aliphatic carbocycles. The fourth-order valence-corrected chi connectivity index (χ4v) is 1.60. The third-order valence-electron chi connectivity index (χ3n) is 2.33. The molecule has 0 fully saturated rings. The van der Waals surface area contributed by atoms with Crippen molar-refractivity contribution in [1.29, 1.82) is 0 Å². The molecule has 5 nitrogen and oxygen atoms in total. The van der Waals surface area contributed by atoms with Gasteiger partial charge in [0.05, 0.1) is 18.6 Å². The second-order valence-electron chi connectivity index (χ2n) is 3.71. The lowest BCUT2D eigenvalue weighted by Gasteiger charge is -2.12. The molecule has 0 aromatic heterocycles. The summed E-state index contributed by atoms with van der Waals surface area (Å²) in [6.45, 7) is 0. The highest BCUT2D eigenvalue weighted by Crippen LogP contribution is 2.25. The monoisotopic (exact) mass is 254 g/mol. The molecule has 1 aliphatic rings. The van der Waals surface area contributed by atoms with Crippen molar-refractivity contribution in [3.63, 3.8) is 0 Å². The van der Waals surface area contributed by atoms with E-state index in [1.807, 2.05) is 0 Å². The number of hydrogen-bond acceptors (Lipinski definition) is 3. The van der Waals surface area contributed by atoms with Gasteiger partial charge in [0.1, 0.15) is 11.5 Å². The van der Waals surface area contributed by atoms with Crippen LogP contribution >= 0.6 is 0 Å². The second-order valence-corrected chi connectivity index (χ2v) is 3.71. The van der Waals surface area contributed by atoms with Crippen LogP contribution in [-0.4, -0.2) is 22.7 Å². The Morgan fingerprint density at radius 2 is 2.17 bits per heavy atom. The zero-order valence-electron chi connectivity index (χ0n) is 9.06. The first-order valence-electron chi connectivity index (χ1n) is 5.03. The highest BCUT2D eigenvalue weighted by Gasteiger charge is 2.28. The van der Waals surface area contributed by atoms with Gasteiger partial charge in [-0.3, -0.25) is 9.59 Å². The highest BCUT2D eigenvalue weighted by atomic mass is 19.1. The Balaban J connectivity index is 2.30. The van der Waals surface area contributed by atoms with Crippen molar-refractivity contribution < 1.29 is 23.5 Å². The maximum absolute atomic E-state index is 13.4. The predicted molar refractivity (Wildman–Crippen MR) is 58.1 cm³/mol. The molecule has 1 N–H and O–H groups in total. The smallest absolute Gasteiger partial charge is 0.309 e. The van der Waals surface area contributed by atoms with E-state index >= 15 is 0 Å². The number of anilines is 1. The topological polar surface area (TPSA) is 70.0 Å². The lowest BCUT2D eigenvalue weighted by atomic mass is 10.2. The number of aliphatic carboxylic acids is 1. The molecule has 1 aromatic carbocycles. The largest absolute Gasteiger partial charge is 0.481 e. The zero-order valence-corrected chi connectivity index (χ0v) is 9.06. The molecule has 0 spiro atoms. The Kier molecular flexibility index (Phi) is 3.05. The summed E-state index contributed by atoms with van der Waals surface area (Å²) in [5.41, 5.74) is -0.0574. The van der Waals surface area contributed by atoms with Gasteiger partial charge in [-0.1, -0.05) is 0 Å². The van der Waals surface area contributed by atoms with Crippen LogP contribution in [0.15, 0.2) is 23.3 Å². The van der Waals surface area contributed by atoms with Crippen molar-refractivity contribution in [2.24, 2.45) is 5.10 Å². The van der Waals surface area contributed by atoms with Crippen molar-refractivity contribution in [3.05, 3.63) is 29.8 Å². The number of benzene rings is 1. The number of amides is 1. The first kappa shape index (κ1) is 12.2. The summed E-state index contributed by atoms with van der Waals surface area (Å²) in [6.07, 6.45) is -0.561. The lowest BCUT2D eigenvalue weighted by molar-refractivity contribution is -0.135. The number of hydrazone groups is 1. The molecule has 0 radical (unpaired) electrons. The van der Waals surface area contributed by atoms with Crippen molar-refractivity contribution in [2.45, 2.75) is 12.8 Å². The Morgan fingerprint density at radius 3 is 2.78 bits per heavy atom. The summed E-state index contributed by atoms with van der Waals surface area (Å²) >= 11 is 0. The number of hydrogen-bond donors (Lipinski definition) is 1. The van der Waals surface area contributed by atoms with Gasteiger partial charge in [-0.05, 0) is 12.1 Å². The van der Waals surface area contributed by atoms with E-state index in [1.54, 1.807) is 0 Å². The van der Waals surface area contributed by atoms with Crippen LogP contribution in [0.3, 0.4) is 0 Å². The first-order chi connectivity index (χ1) is 8.47. The van der Waals surface area contributed by atoms with Crippen LogP contribution in [-0.2, 0) is 9.59 Å². The van der Waals surface area contributed by atoms with Gasteiger partial charge in [-0.15, -0.1) is 0 Å². The van der Waals surface area contributed by atoms with Gasteiger partial charge >= 0.3 is 5.97 Å². The fraction of sp³-hybridized carbons (Fsp3) is 0.182. The van der Waals surface area contributed by atoms with Gasteiger partial charge in [0.2, 0.25) is 0 Å². The van der Waals surface area contributed by atoms with Crippen molar-refractivity contribution in [3.8, 4) is 0 Å². The minimum atomic E-state index is -1.12. The second kappa shape index (κ2) is 4.52. The van der Waals surface area contributed by atoms with Gasteiger partial charge in [-0.25, -0.2) is 8.78 Å². The third-order valence-corrected chi connectivity index (χ3v) is 2.33. The van der Waals surface area contributed by atoms with Crippen molar-refractivity contribution in [2.75, 3.05) is 5.01 Å². The van der Waals surface area contributed by atoms with Crippen LogP contribution < -0.4 is 5.01 Å². The molecule has 18 heavy (non-hydrogen) atoms. The molecule has 0 saturated carbocycles. The van der Waals surface area contributed by atoms with Gasteiger partial charge in [0.25, 0.3) is 5.91 Å². The number of rotatable bonds is 3. The number of carboxylic acid groups (broad SMARTS) is 1. The van der Waals surface area contributed by atoms with Crippen LogP contribution in [0.25, 0.3) is 0 Å². The summed E-state index contributed by atoms with van der Waals surface area (Å²) in [6, 6.07) is 2.71. The van der Waals surface area contributed by atoms with Gasteiger partial charge < -0.3 is 5.11 Å². The standard InChI is InChI=1S/C11H8F2N2O3/c12-6-1-2-9(8(13)3-6)15-10(16)4-7(14-15)5-11(17)18/h1-3H,4-5H2,(H,17,18). The van der Waals surface area contributed by atoms with Gasteiger partial charge in [0, 0.05) is 6.07 Å². The number of nitrogens with zero attached hydrogens (tertiary/aromatic N) is 2. The Hall–Kier alpha value is -2.31. The molecule has 0 unspecified atom stereocenters. The average Bonchev–Trinajstić information content (AvgIpc) is 2.58. The molecular formula is C11H8F2N2O3. The van der Waals surface area contributed by atoms with Gasteiger partial charge in [-0.2, -0.15) is 10.1 Å². The number of carboxylic acids is 1. The number of halogens is 2. The first-order valence-corrected chi connectivity index (χ1v) is 5.03. The van der Waals surface area contributed by atoms with Crippen LogP contribution in [0.5, 0.6) is 0 Å². The Morgan fingerprint density at radius 1 is 1.44 bits per heavy atom. The van der Waals surface area contributed by atoms with Crippen molar-refractivity contribution in [1.82, 2.24) is 0 Å². The quantitative estimate of drug-likeness (QED) is 0.889. The van der Waals surface area contributed by atoms with E-state index in [2.05, 4.69) is 5.10 Å². The minimum Gasteiger partial charge on any atom is -0.481 e. The van der Waals surface area contributed by atoms with Crippen LogP contribution in [0, 0.1) is 11.6 Å². The maximum Gasteiger partial charge on any atom is 0.309 e. The lowest BCUT2D eigenvalue weighted by Crippen LogP contribution is -2.20. The normalized spacial score (nSPS) is 14.9. The maximum atomic E-state index is 13.4. The molecule has 1 heterocycles. The molecule has 0 atom stereocenters. The molecule has 1 amide bonds. The summed E-state index contributed by atoms with van der Waals surface area (Å²) in [4.78, 5) is 22.0. The number of carbonyl (C=O) groups excluding carboxylic acids is 1. The highest BCUT2D eigenvalue weighted by molar-refractivity contribution is 6.16. The van der Waals surface area contributed by atoms with Crippen LogP contribution in [0.2, 0.25) is 0 Å². The molecular weight excluding hydrogens is 246 g/mol. The van der Waals surface area contributed by atoms with Crippen LogP contribution in [0.1, 0.15) is 12.8 Å². The van der Waals surface area contributed by atoms with E-state index in [-0.39, 0.29) is 24.2 Å². The zero-order chi connectivity index (χ0) is 13.3. The summed E-state index contributed by atoms with van der Waals surface area (Å²) in [7, 11) is 0. The van der Waals surface area contributed by atoms with Gasteiger partial charge in [0.15, 0.2) is 5.82 Å². The molecule has 1 aromatic rings. The van der Waals surface area contributed by atoms with E-state index in [0.717, 1.165) is 17.1 Å². The molecule has 0 saturated heterocycles. The molecule has 94 valence electrons. The SMILES string of the molecule is O=C(O)CC1=NN(c2ccc(F)cc2F)C(=O)C1. The van der Waals surface area contributed by atoms with E-state index in [4.69, 9.17) is 5.11 Å². The number of carbonyl (C=O) groups is 2. The molecule has 7 heteroatoms. The average molecular weight is 254 g/mol. The van der Waals surface area contributed by atoms with Crippen LogP contribution in [0.4, 0.5) is 14.5 Å². The molecule has 1 aliphatic heterocycles. The minimum absolute atomic E-state index is 0.135. The summed E-state index contributed by atoms with van der Waals surface area (Å²) < 4.78 is 26.2. The van der Waals surface area contributed by atoms with E-state index in [0.29, 0.717) is 6.07 Å². The van der Waals surface area contributed by atoms with E-state index in [1.165, 1.54) is 0 Å². The Labute approximate surface area is 100 Å². The van der Waals surface area contributed by atoms with E-state index < -0.39 is 23.5 Å². The molecule has 2 rings (SSSR count). The van der Waals surface area contributed by atoms with E-state index in [9.17, 15) is 18.4 Å². The predicted octanol–water partition coefficient (Wildman–Crippen LogP) is 1.53.